The van der Waals surface area contributed by atoms with Crippen LogP contribution in [-0.2, 0) is 9.53 Å². The summed E-state index contributed by atoms with van der Waals surface area (Å²) in [5, 5.41) is 6.28. The molecule has 4 heteroatoms. The van der Waals surface area contributed by atoms with Gasteiger partial charge in [-0.3, -0.25) is 4.79 Å². The van der Waals surface area contributed by atoms with Gasteiger partial charge in [0.1, 0.15) is 6.10 Å². The van der Waals surface area contributed by atoms with Crippen molar-refractivity contribution in [1.82, 2.24) is 10.6 Å². The van der Waals surface area contributed by atoms with E-state index in [4.69, 9.17) is 4.74 Å². The Balaban J connectivity index is 2.10. The number of carbonyl (C=O) groups is 1. The fourth-order valence-corrected chi connectivity index (χ4v) is 2.05. The van der Waals surface area contributed by atoms with Crippen LogP contribution in [0.25, 0.3) is 0 Å². The molecular weight excluding hydrogens is 228 g/mol. The fraction of sp³-hybridized carbons (Fsp3) is 0.929. The molecule has 2 unspecified atom stereocenters. The summed E-state index contributed by atoms with van der Waals surface area (Å²) in [6.45, 7) is 9.70. The SMILES string of the molecule is CC(C)CCNC(=O)C(C)OCC1CCCNC1. The lowest BCUT2D eigenvalue weighted by molar-refractivity contribution is -0.132. The normalized spacial score (nSPS) is 21.9. The van der Waals surface area contributed by atoms with Crippen molar-refractivity contribution in [2.24, 2.45) is 11.8 Å². The Hall–Kier alpha value is -0.610. The minimum Gasteiger partial charge on any atom is -0.368 e. The summed E-state index contributed by atoms with van der Waals surface area (Å²) in [5.41, 5.74) is 0. The third-order valence-corrected chi connectivity index (χ3v) is 3.37. The first-order valence-corrected chi connectivity index (χ1v) is 7.19. The van der Waals surface area contributed by atoms with Gasteiger partial charge < -0.3 is 15.4 Å². The van der Waals surface area contributed by atoms with Gasteiger partial charge in [0.15, 0.2) is 0 Å². The standard InChI is InChI=1S/C14H28N2O2/c1-11(2)6-8-16-14(17)12(3)18-10-13-5-4-7-15-9-13/h11-13,15H,4-10H2,1-3H3,(H,16,17). The van der Waals surface area contributed by atoms with E-state index in [1.54, 1.807) is 0 Å². The van der Waals surface area contributed by atoms with Crippen LogP contribution < -0.4 is 10.6 Å². The molecule has 0 aromatic rings. The maximum atomic E-state index is 11.7. The number of carbonyl (C=O) groups excluding carboxylic acids is 1. The van der Waals surface area contributed by atoms with Crippen molar-refractivity contribution >= 4 is 5.91 Å². The average molecular weight is 256 g/mol. The van der Waals surface area contributed by atoms with Crippen LogP contribution >= 0.6 is 0 Å². The van der Waals surface area contributed by atoms with Gasteiger partial charge in [-0.05, 0) is 44.6 Å². The summed E-state index contributed by atoms with van der Waals surface area (Å²) in [7, 11) is 0. The molecule has 0 saturated carbocycles. The van der Waals surface area contributed by atoms with E-state index in [0.29, 0.717) is 18.4 Å². The van der Waals surface area contributed by atoms with E-state index in [1.807, 2.05) is 6.92 Å². The van der Waals surface area contributed by atoms with E-state index >= 15 is 0 Å². The summed E-state index contributed by atoms with van der Waals surface area (Å²) >= 11 is 0. The minimum absolute atomic E-state index is 0.0134. The molecule has 1 heterocycles. The van der Waals surface area contributed by atoms with Crippen molar-refractivity contribution in [2.45, 2.75) is 46.1 Å². The van der Waals surface area contributed by atoms with Gasteiger partial charge >= 0.3 is 0 Å². The molecule has 0 aromatic carbocycles. The summed E-state index contributed by atoms with van der Waals surface area (Å²) < 4.78 is 5.65. The number of ether oxygens (including phenoxy) is 1. The molecule has 1 aliphatic rings. The zero-order chi connectivity index (χ0) is 13.4. The highest BCUT2D eigenvalue weighted by Crippen LogP contribution is 2.11. The molecule has 18 heavy (non-hydrogen) atoms. The van der Waals surface area contributed by atoms with Crippen molar-refractivity contribution in [3.63, 3.8) is 0 Å². The van der Waals surface area contributed by atoms with Crippen LogP contribution in [0.2, 0.25) is 0 Å². The molecule has 0 aliphatic carbocycles. The van der Waals surface area contributed by atoms with E-state index in [-0.39, 0.29) is 12.0 Å². The quantitative estimate of drug-likeness (QED) is 0.726. The summed E-state index contributed by atoms with van der Waals surface area (Å²) in [6.07, 6.45) is 3.10. The smallest absolute Gasteiger partial charge is 0.248 e. The highest BCUT2D eigenvalue weighted by molar-refractivity contribution is 5.80. The molecule has 4 nitrogen and oxygen atoms in total. The van der Waals surface area contributed by atoms with Crippen molar-refractivity contribution < 1.29 is 9.53 Å². The monoisotopic (exact) mass is 256 g/mol. The summed E-state index contributed by atoms with van der Waals surface area (Å²) in [5.74, 6) is 1.19. The number of piperidine rings is 1. The first kappa shape index (κ1) is 15.4. The number of rotatable bonds is 7. The van der Waals surface area contributed by atoms with Crippen LogP contribution in [0.3, 0.4) is 0 Å². The number of hydrogen-bond acceptors (Lipinski definition) is 3. The van der Waals surface area contributed by atoms with Gasteiger partial charge in [-0.1, -0.05) is 13.8 Å². The van der Waals surface area contributed by atoms with Crippen LogP contribution in [0.5, 0.6) is 0 Å². The van der Waals surface area contributed by atoms with E-state index in [9.17, 15) is 4.79 Å². The third kappa shape index (κ3) is 6.36. The minimum atomic E-state index is -0.334. The molecule has 0 radical (unpaired) electrons. The predicted molar refractivity (Wildman–Crippen MR) is 73.5 cm³/mol. The fourth-order valence-electron chi connectivity index (χ4n) is 2.05. The molecule has 1 fully saturated rings. The molecule has 0 spiro atoms. The summed E-state index contributed by atoms with van der Waals surface area (Å²) in [6, 6.07) is 0. The topological polar surface area (TPSA) is 50.4 Å². The van der Waals surface area contributed by atoms with Gasteiger partial charge in [0.25, 0.3) is 0 Å². The van der Waals surface area contributed by atoms with Crippen LogP contribution in [0.15, 0.2) is 0 Å². The Morgan fingerprint density at radius 1 is 1.44 bits per heavy atom. The third-order valence-electron chi connectivity index (χ3n) is 3.37. The highest BCUT2D eigenvalue weighted by Gasteiger charge is 2.17. The second kappa shape index (κ2) is 8.48. The van der Waals surface area contributed by atoms with E-state index in [2.05, 4.69) is 24.5 Å². The molecule has 2 N–H and O–H groups in total. The second-order valence-corrected chi connectivity index (χ2v) is 5.66. The summed E-state index contributed by atoms with van der Waals surface area (Å²) in [4.78, 5) is 11.7. The Kier molecular flexibility index (Phi) is 7.28. The Labute approximate surface area is 111 Å². The van der Waals surface area contributed by atoms with Crippen LogP contribution in [0.1, 0.15) is 40.0 Å². The predicted octanol–water partition coefficient (Wildman–Crippen LogP) is 1.55. The lowest BCUT2D eigenvalue weighted by atomic mass is 10.0. The van der Waals surface area contributed by atoms with Crippen molar-refractivity contribution in [3.05, 3.63) is 0 Å². The molecule has 1 amide bonds. The Morgan fingerprint density at radius 3 is 2.83 bits per heavy atom. The molecule has 1 saturated heterocycles. The second-order valence-electron chi connectivity index (χ2n) is 5.66. The number of hydrogen-bond donors (Lipinski definition) is 2. The first-order chi connectivity index (χ1) is 8.59. The first-order valence-electron chi connectivity index (χ1n) is 7.19. The van der Waals surface area contributed by atoms with E-state index in [0.717, 1.165) is 26.1 Å². The molecule has 0 aromatic heterocycles. The van der Waals surface area contributed by atoms with Crippen LogP contribution in [0, 0.1) is 11.8 Å². The van der Waals surface area contributed by atoms with Gasteiger partial charge in [0, 0.05) is 13.1 Å². The average Bonchev–Trinajstić information content (AvgIpc) is 2.36. The maximum absolute atomic E-state index is 11.7. The molecule has 2 atom stereocenters. The van der Waals surface area contributed by atoms with Gasteiger partial charge in [-0.25, -0.2) is 0 Å². The van der Waals surface area contributed by atoms with Gasteiger partial charge in [-0.2, -0.15) is 0 Å². The van der Waals surface area contributed by atoms with Crippen molar-refractivity contribution in [3.8, 4) is 0 Å². The largest absolute Gasteiger partial charge is 0.368 e. The van der Waals surface area contributed by atoms with Gasteiger partial charge in [0.05, 0.1) is 6.61 Å². The molecule has 0 bridgehead atoms. The lowest BCUT2D eigenvalue weighted by Crippen LogP contribution is -2.38. The lowest BCUT2D eigenvalue weighted by Gasteiger charge is -2.24. The number of amides is 1. The maximum Gasteiger partial charge on any atom is 0.248 e. The van der Waals surface area contributed by atoms with Crippen molar-refractivity contribution in [1.29, 1.82) is 0 Å². The Bertz CT molecular complexity index is 238. The van der Waals surface area contributed by atoms with Gasteiger partial charge in [0.2, 0.25) is 5.91 Å². The zero-order valence-corrected chi connectivity index (χ0v) is 12.0. The highest BCUT2D eigenvalue weighted by atomic mass is 16.5. The van der Waals surface area contributed by atoms with Gasteiger partial charge in [-0.15, -0.1) is 0 Å². The van der Waals surface area contributed by atoms with Crippen molar-refractivity contribution in [2.75, 3.05) is 26.2 Å². The molecule has 1 rings (SSSR count). The number of nitrogens with one attached hydrogen (secondary N) is 2. The molecule has 106 valence electrons. The van der Waals surface area contributed by atoms with E-state index < -0.39 is 0 Å². The zero-order valence-electron chi connectivity index (χ0n) is 12.0. The Morgan fingerprint density at radius 2 is 2.22 bits per heavy atom. The van der Waals surface area contributed by atoms with E-state index in [1.165, 1.54) is 12.8 Å². The van der Waals surface area contributed by atoms with Crippen LogP contribution in [-0.4, -0.2) is 38.3 Å². The molecule has 1 aliphatic heterocycles. The van der Waals surface area contributed by atoms with Crippen LogP contribution in [0.4, 0.5) is 0 Å². The molecular formula is C14H28N2O2.